The van der Waals surface area contributed by atoms with E-state index >= 15 is 0 Å². The van der Waals surface area contributed by atoms with Gasteiger partial charge in [-0.25, -0.2) is 22.2 Å². The van der Waals surface area contributed by atoms with Crippen LogP contribution in [0.25, 0.3) is 0 Å². The Morgan fingerprint density at radius 3 is 2.48 bits per heavy atom. The van der Waals surface area contributed by atoms with Crippen molar-refractivity contribution in [3.8, 4) is 0 Å². The van der Waals surface area contributed by atoms with Gasteiger partial charge in [0.05, 0.1) is 15.6 Å². The molecule has 9 heteroatoms. The average molecular weight is 387 g/mol. The zero-order valence-electron chi connectivity index (χ0n) is 13.8. The standard InChI is InChI=1S/C16H19F2N3O2S2/c1-2-16-19-12(11-24-16)10-20-5-7-21(8-6-20)25(22,23)13-3-4-14(17)15(18)9-13/h3-4,9,11H,2,5-8,10H2,1H3. The van der Waals surface area contributed by atoms with Gasteiger partial charge in [0.25, 0.3) is 0 Å². The molecule has 0 unspecified atom stereocenters. The molecule has 0 aliphatic carbocycles. The highest BCUT2D eigenvalue weighted by molar-refractivity contribution is 7.89. The van der Waals surface area contributed by atoms with Crippen LogP contribution < -0.4 is 0 Å². The Morgan fingerprint density at radius 1 is 1.16 bits per heavy atom. The number of hydrogen-bond donors (Lipinski definition) is 0. The summed E-state index contributed by atoms with van der Waals surface area (Å²) < 4.78 is 52.8. The molecule has 25 heavy (non-hydrogen) atoms. The molecule has 3 rings (SSSR count). The second-order valence-corrected chi connectivity index (χ2v) is 8.72. The number of nitrogens with zero attached hydrogens (tertiary/aromatic N) is 3. The van der Waals surface area contributed by atoms with E-state index in [9.17, 15) is 17.2 Å². The zero-order valence-corrected chi connectivity index (χ0v) is 15.4. The Kier molecular flexibility index (Phi) is 5.47. The van der Waals surface area contributed by atoms with Crippen LogP contribution in [-0.4, -0.2) is 48.8 Å². The predicted octanol–water partition coefficient (Wildman–Crippen LogP) is 2.49. The number of benzene rings is 1. The lowest BCUT2D eigenvalue weighted by molar-refractivity contribution is 0.180. The first-order chi connectivity index (χ1) is 11.9. The van der Waals surface area contributed by atoms with Crippen LogP contribution in [0.5, 0.6) is 0 Å². The van der Waals surface area contributed by atoms with Gasteiger partial charge in [-0.3, -0.25) is 4.90 Å². The normalized spacial score (nSPS) is 17.1. The van der Waals surface area contributed by atoms with Gasteiger partial charge in [0.15, 0.2) is 11.6 Å². The molecule has 2 heterocycles. The van der Waals surface area contributed by atoms with E-state index < -0.39 is 21.7 Å². The number of halogens is 2. The highest BCUT2D eigenvalue weighted by Crippen LogP contribution is 2.21. The van der Waals surface area contributed by atoms with Crippen molar-refractivity contribution >= 4 is 21.4 Å². The summed E-state index contributed by atoms with van der Waals surface area (Å²) in [6.07, 6.45) is 0.908. The minimum absolute atomic E-state index is 0.216. The van der Waals surface area contributed by atoms with Crippen molar-refractivity contribution in [1.29, 1.82) is 0 Å². The molecule has 0 N–H and O–H groups in total. The second kappa shape index (κ2) is 7.45. The molecule has 0 atom stereocenters. The summed E-state index contributed by atoms with van der Waals surface area (Å²) in [6, 6.07) is 2.67. The highest BCUT2D eigenvalue weighted by atomic mass is 32.2. The van der Waals surface area contributed by atoms with Crippen LogP contribution >= 0.6 is 11.3 Å². The monoisotopic (exact) mass is 387 g/mol. The van der Waals surface area contributed by atoms with Crippen molar-refractivity contribution < 1.29 is 17.2 Å². The zero-order chi connectivity index (χ0) is 18.0. The molecule has 136 valence electrons. The van der Waals surface area contributed by atoms with Gasteiger partial charge < -0.3 is 0 Å². The molecular weight excluding hydrogens is 368 g/mol. The van der Waals surface area contributed by atoms with Gasteiger partial charge in [-0.2, -0.15) is 4.31 Å². The van der Waals surface area contributed by atoms with Crippen molar-refractivity contribution in [2.45, 2.75) is 24.8 Å². The van der Waals surface area contributed by atoms with Gasteiger partial charge in [0.1, 0.15) is 0 Å². The molecule has 0 saturated carbocycles. The van der Waals surface area contributed by atoms with Crippen molar-refractivity contribution in [1.82, 2.24) is 14.2 Å². The molecule has 5 nitrogen and oxygen atoms in total. The molecule has 1 fully saturated rings. The quantitative estimate of drug-likeness (QED) is 0.791. The fraction of sp³-hybridized carbons (Fsp3) is 0.438. The summed E-state index contributed by atoms with van der Waals surface area (Å²) in [5.74, 6) is -2.21. The van der Waals surface area contributed by atoms with Crippen LogP contribution in [-0.2, 0) is 23.0 Å². The van der Waals surface area contributed by atoms with Crippen molar-refractivity contribution in [3.63, 3.8) is 0 Å². The molecule has 1 aromatic heterocycles. The number of aromatic nitrogens is 1. The van der Waals surface area contributed by atoms with E-state index in [4.69, 9.17) is 0 Å². The number of piperazine rings is 1. The Bertz CT molecular complexity index is 847. The molecule has 1 aliphatic rings. The molecule has 1 aliphatic heterocycles. The molecule has 0 bridgehead atoms. The van der Waals surface area contributed by atoms with E-state index in [0.717, 1.165) is 35.3 Å². The average Bonchev–Trinajstić information content (AvgIpc) is 3.05. The van der Waals surface area contributed by atoms with Gasteiger partial charge in [0.2, 0.25) is 10.0 Å². The van der Waals surface area contributed by atoms with E-state index in [2.05, 4.69) is 16.8 Å². The third-order valence-corrected chi connectivity index (χ3v) is 7.08. The van der Waals surface area contributed by atoms with E-state index in [0.29, 0.717) is 32.7 Å². The number of aryl methyl sites for hydroxylation is 1. The molecule has 2 aromatic rings. The minimum Gasteiger partial charge on any atom is -0.295 e. The van der Waals surface area contributed by atoms with Gasteiger partial charge in [-0.05, 0) is 24.6 Å². The SMILES string of the molecule is CCc1nc(CN2CCN(S(=O)(=O)c3ccc(F)c(F)c3)CC2)cs1. The van der Waals surface area contributed by atoms with Gasteiger partial charge in [-0.1, -0.05) is 6.92 Å². The lowest BCUT2D eigenvalue weighted by atomic mass is 10.3. The molecular formula is C16H19F2N3O2S2. The van der Waals surface area contributed by atoms with E-state index in [1.54, 1.807) is 11.3 Å². The fourth-order valence-electron chi connectivity index (χ4n) is 2.73. The topological polar surface area (TPSA) is 53.5 Å². The first-order valence-corrected chi connectivity index (χ1v) is 10.3. The lowest BCUT2D eigenvalue weighted by Gasteiger charge is -2.33. The summed E-state index contributed by atoms with van der Waals surface area (Å²) in [7, 11) is -3.81. The number of sulfonamides is 1. The predicted molar refractivity (Wildman–Crippen MR) is 91.9 cm³/mol. The fourth-order valence-corrected chi connectivity index (χ4v) is 4.90. The summed E-state index contributed by atoms with van der Waals surface area (Å²) in [5, 5.41) is 3.12. The van der Waals surface area contributed by atoms with Crippen LogP contribution in [0.4, 0.5) is 8.78 Å². The summed E-state index contributed by atoms with van der Waals surface area (Å²) in [4.78, 5) is 6.45. The van der Waals surface area contributed by atoms with E-state index in [-0.39, 0.29) is 4.90 Å². The third-order valence-electron chi connectivity index (χ3n) is 4.15. The number of rotatable bonds is 5. The largest absolute Gasteiger partial charge is 0.295 e. The van der Waals surface area contributed by atoms with Crippen LogP contribution in [0, 0.1) is 11.6 Å². The molecule has 0 amide bonds. The maximum absolute atomic E-state index is 13.3. The first kappa shape index (κ1) is 18.4. The Balaban J connectivity index is 1.63. The van der Waals surface area contributed by atoms with Crippen LogP contribution in [0.3, 0.4) is 0 Å². The smallest absolute Gasteiger partial charge is 0.243 e. The van der Waals surface area contributed by atoms with Gasteiger partial charge in [0, 0.05) is 38.1 Å². The Hall–Kier alpha value is -1.42. The Morgan fingerprint density at radius 2 is 1.88 bits per heavy atom. The number of hydrogen-bond acceptors (Lipinski definition) is 5. The van der Waals surface area contributed by atoms with Crippen LogP contribution in [0.2, 0.25) is 0 Å². The molecule has 1 saturated heterocycles. The van der Waals surface area contributed by atoms with Crippen molar-refractivity contribution in [2.75, 3.05) is 26.2 Å². The third kappa shape index (κ3) is 4.05. The minimum atomic E-state index is -3.81. The highest BCUT2D eigenvalue weighted by Gasteiger charge is 2.29. The van der Waals surface area contributed by atoms with Gasteiger partial charge in [-0.15, -0.1) is 11.3 Å². The summed E-state index contributed by atoms with van der Waals surface area (Å²) in [5.41, 5.74) is 0.999. The summed E-state index contributed by atoms with van der Waals surface area (Å²) in [6.45, 7) is 4.52. The van der Waals surface area contributed by atoms with E-state index in [1.165, 1.54) is 4.31 Å². The van der Waals surface area contributed by atoms with Crippen LogP contribution in [0.1, 0.15) is 17.6 Å². The first-order valence-electron chi connectivity index (χ1n) is 8.01. The van der Waals surface area contributed by atoms with Gasteiger partial charge >= 0.3 is 0 Å². The Labute approximate surface area is 150 Å². The molecule has 0 spiro atoms. The van der Waals surface area contributed by atoms with E-state index in [1.807, 2.05) is 5.38 Å². The number of thiazole rings is 1. The molecule has 0 radical (unpaired) electrons. The summed E-state index contributed by atoms with van der Waals surface area (Å²) >= 11 is 1.63. The van der Waals surface area contributed by atoms with Crippen LogP contribution in [0.15, 0.2) is 28.5 Å². The van der Waals surface area contributed by atoms with Crippen molar-refractivity contribution in [3.05, 3.63) is 45.9 Å². The lowest BCUT2D eigenvalue weighted by Crippen LogP contribution is -2.48. The van der Waals surface area contributed by atoms with Crippen molar-refractivity contribution in [2.24, 2.45) is 0 Å². The maximum atomic E-state index is 13.3. The molecule has 1 aromatic carbocycles. The maximum Gasteiger partial charge on any atom is 0.243 e. The second-order valence-electron chi connectivity index (χ2n) is 5.84.